The van der Waals surface area contributed by atoms with Crippen molar-refractivity contribution in [3.63, 3.8) is 0 Å². The van der Waals surface area contributed by atoms with Gasteiger partial charge in [-0.1, -0.05) is 18.2 Å². The van der Waals surface area contributed by atoms with Crippen molar-refractivity contribution in [3.8, 4) is 5.75 Å². The highest BCUT2D eigenvalue weighted by atomic mass is 32.2. The monoisotopic (exact) mass is 300 g/mol. The van der Waals surface area contributed by atoms with Gasteiger partial charge in [0.25, 0.3) is 0 Å². The van der Waals surface area contributed by atoms with Crippen molar-refractivity contribution in [2.45, 2.75) is 10.1 Å². The summed E-state index contributed by atoms with van der Waals surface area (Å²) in [6.07, 6.45) is 3.76. The molecule has 21 heavy (non-hydrogen) atoms. The summed E-state index contributed by atoms with van der Waals surface area (Å²) < 4.78 is 5.95. The molecule has 0 saturated heterocycles. The van der Waals surface area contributed by atoms with Crippen LogP contribution in [0.4, 0.5) is 0 Å². The quantitative estimate of drug-likeness (QED) is 0.863. The molecule has 0 saturated carbocycles. The molecule has 0 spiro atoms. The summed E-state index contributed by atoms with van der Waals surface area (Å²) in [5, 5.41) is 0.404. The van der Waals surface area contributed by atoms with Gasteiger partial charge in [0.15, 0.2) is 0 Å². The number of nitrogens with zero attached hydrogens (tertiary/aromatic N) is 2. The lowest BCUT2D eigenvalue weighted by Gasteiger charge is -2.34. The topological polar surface area (TPSA) is 25.4 Å². The summed E-state index contributed by atoms with van der Waals surface area (Å²) in [7, 11) is 4.23. The van der Waals surface area contributed by atoms with E-state index >= 15 is 0 Å². The highest BCUT2D eigenvalue weighted by Crippen LogP contribution is 2.46. The lowest BCUT2D eigenvalue weighted by molar-refractivity contribution is 0.185. The Hall–Kier alpha value is -1.52. The molecule has 110 valence electrons. The van der Waals surface area contributed by atoms with Gasteiger partial charge in [0, 0.05) is 40.6 Å². The zero-order valence-electron chi connectivity index (χ0n) is 12.4. The second-order valence-electron chi connectivity index (χ2n) is 5.60. The molecule has 2 aromatic rings. The highest BCUT2D eigenvalue weighted by molar-refractivity contribution is 7.99. The molecule has 3 nitrogen and oxygen atoms in total. The number of hydrogen-bond acceptors (Lipinski definition) is 4. The largest absolute Gasteiger partial charge is 0.493 e. The number of hydrogen-bond donors (Lipinski definition) is 0. The fourth-order valence-corrected chi connectivity index (χ4v) is 3.98. The third kappa shape index (κ3) is 3.39. The van der Waals surface area contributed by atoms with Crippen molar-refractivity contribution in [2.24, 2.45) is 5.92 Å². The minimum atomic E-state index is 0.404. The number of ether oxygens (including phenoxy) is 1. The molecule has 1 aromatic carbocycles. The van der Waals surface area contributed by atoms with E-state index in [1.807, 2.05) is 36.3 Å². The van der Waals surface area contributed by atoms with Gasteiger partial charge in [-0.15, -0.1) is 11.8 Å². The first-order chi connectivity index (χ1) is 10.2. The standard InChI is InChI=1S/C17H20N2OS/c1-19(2)11-13-12-20-16-8-4-3-7-15(16)17(13)21-14-6-5-9-18-10-14/h3-10,13,17H,11-12H2,1-2H3. The Balaban J connectivity index is 1.90. The van der Waals surface area contributed by atoms with Gasteiger partial charge < -0.3 is 9.64 Å². The first-order valence-corrected chi connectivity index (χ1v) is 8.05. The molecule has 2 unspecified atom stereocenters. The number of benzene rings is 1. The first kappa shape index (κ1) is 14.4. The Morgan fingerprint density at radius 3 is 2.86 bits per heavy atom. The maximum atomic E-state index is 5.95. The van der Waals surface area contributed by atoms with Crippen LogP contribution in [0.15, 0.2) is 53.7 Å². The van der Waals surface area contributed by atoms with E-state index in [0.717, 1.165) is 18.9 Å². The van der Waals surface area contributed by atoms with E-state index < -0.39 is 0 Å². The van der Waals surface area contributed by atoms with E-state index in [2.05, 4.69) is 48.2 Å². The van der Waals surface area contributed by atoms with Gasteiger partial charge in [-0.2, -0.15) is 0 Å². The van der Waals surface area contributed by atoms with Gasteiger partial charge in [0.1, 0.15) is 5.75 Å². The molecule has 0 N–H and O–H groups in total. The molecule has 0 bridgehead atoms. The minimum Gasteiger partial charge on any atom is -0.493 e. The third-order valence-electron chi connectivity index (χ3n) is 3.60. The Morgan fingerprint density at radius 1 is 1.24 bits per heavy atom. The van der Waals surface area contributed by atoms with Crippen molar-refractivity contribution in [2.75, 3.05) is 27.2 Å². The van der Waals surface area contributed by atoms with Crippen LogP contribution in [-0.2, 0) is 0 Å². The predicted octanol–water partition coefficient (Wildman–Crippen LogP) is 3.49. The van der Waals surface area contributed by atoms with Crippen LogP contribution >= 0.6 is 11.8 Å². The van der Waals surface area contributed by atoms with Crippen LogP contribution in [0.1, 0.15) is 10.8 Å². The number of para-hydroxylation sites is 1. The van der Waals surface area contributed by atoms with Gasteiger partial charge in [0.2, 0.25) is 0 Å². The van der Waals surface area contributed by atoms with Crippen LogP contribution in [0.25, 0.3) is 0 Å². The smallest absolute Gasteiger partial charge is 0.123 e. The SMILES string of the molecule is CN(C)CC1COc2ccccc2C1Sc1cccnc1. The zero-order valence-corrected chi connectivity index (χ0v) is 13.2. The molecule has 0 fully saturated rings. The Morgan fingerprint density at radius 2 is 2.10 bits per heavy atom. The Kier molecular flexibility index (Phi) is 4.46. The normalized spacial score (nSPS) is 20.9. The Bertz CT molecular complexity index is 588. The molecule has 1 aromatic heterocycles. The zero-order chi connectivity index (χ0) is 14.7. The van der Waals surface area contributed by atoms with Crippen LogP contribution in [0.5, 0.6) is 5.75 Å². The second kappa shape index (κ2) is 6.50. The predicted molar refractivity (Wildman–Crippen MR) is 86.8 cm³/mol. The molecule has 1 aliphatic heterocycles. The summed E-state index contributed by atoms with van der Waals surface area (Å²) in [5.74, 6) is 1.49. The molecule has 0 aliphatic carbocycles. The van der Waals surface area contributed by atoms with E-state index in [1.54, 1.807) is 0 Å². The number of thioether (sulfide) groups is 1. The maximum absolute atomic E-state index is 5.95. The molecular formula is C17H20N2OS. The van der Waals surface area contributed by atoms with Gasteiger partial charge in [-0.25, -0.2) is 0 Å². The van der Waals surface area contributed by atoms with Crippen molar-refractivity contribution >= 4 is 11.8 Å². The molecule has 0 amide bonds. The number of rotatable bonds is 4. The van der Waals surface area contributed by atoms with Crippen LogP contribution in [0.2, 0.25) is 0 Å². The summed E-state index contributed by atoms with van der Waals surface area (Å²) in [4.78, 5) is 7.68. The first-order valence-electron chi connectivity index (χ1n) is 7.17. The van der Waals surface area contributed by atoms with Crippen molar-refractivity contribution in [1.29, 1.82) is 0 Å². The molecular weight excluding hydrogens is 280 g/mol. The minimum absolute atomic E-state index is 0.404. The van der Waals surface area contributed by atoms with Gasteiger partial charge in [0.05, 0.1) is 6.61 Å². The highest BCUT2D eigenvalue weighted by Gasteiger charge is 2.31. The van der Waals surface area contributed by atoms with E-state index in [9.17, 15) is 0 Å². The molecule has 2 heterocycles. The number of fused-ring (bicyclic) bond motifs is 1. The summed E-state index contributed by atoms with van der Waals surface area (Å²) in [5.41, 5.74) is 1.30. The average molecular weight is 300 g/mol. The van der Waals surface area contributed by atoms with E-state index in [4.69, 9.17) is 4.74 Å². The van der Waals surface area contributed by atoms with Crippen molar-refractivity contribution < 1.29 is 4.74 Å². The van der Waals surface area contributed by atoms with Crippen LogP contribution in [0, 0.1) is 5.92 Å². The average Bonchev–Trinajstić information content (AvgIpc) is 2.50. The van der Waals surface area contributed by atoms with Crippen molar-refractivity contribution in [1.82, 2.24) is 9.88 Å². The van der Waals surface area contributed by atoms with E-state index in [0.29, 0.717) is 11.2 Å². The molecule has 2 atom stereocenters. The van der Waals surface area contributed by atoms with Gasteiger partial charge in [-0.05, 0) is 32.3 Å². The summed E-state index contributed by atoms with van der Waals surface area (Å²) in [6, 6.07) is 12.5. The third-order valence-corrected chi connectivity index (χ3v) is 5.01. The Labute approximate surface area is 130 Å². The summed E-state index contributed by atoms with van der Waals surface area (Å²) >= 11 is 1.89. The summed E-state index contributed by atoms with van der Waals surface area (Å²) in [6.45, 7) is 1.79. The molecule has 0 radical (unpaired) electrons. The number of pyridine rings is 1. The lowest BCUT2D eigenvalue weighted by Crippen LogP contribution is -2.33. The fourth-order valence-electron chi connectivity index (χ4n) is 2.73. The van der Waals surface area contributed by atoms with Crippen molar-refractivity contribution in [3.05, 3.63) is 54.4 Å². The number of aromatic nitrogens is 1. The van der Waals surface area contributed by atoms with E-state index in [1.165, 1.54) is 10.5 Å². The molecule has 3 rings (SSSR count). The van der Waals surface area contributed by atoms with Crippen LogP contribution in [0.3, 0.4) is 0 Å². The fraction of sp³-hybridized carbons (Fsp3) is 0.353. The molecule has 4 heteroatoms. The van der Waals surface area contributed by atoms with E-state index in [-0.39, 0.29) is 0 Å². The molecule has 1 aliphatic rings. The van der Waals surface area contributed by atoms with Gasteiger partial charge >= 0.3 is 0 Å². The van der Waals surface area contributed by atoms with Crippen LogP contribution < -0.4 is 4.74 Å². The maximum Gasteiger partial charge on any atom is 0.123 e. The van der Waals surface area contributed by atoms with Crippen LogP contribution in [-0.4, -0.2) is 37.1 Å². The second-order valence-corrected chi connectivity index (χ2v) is 6.81. The lowest BCUT2D eigenvalue weighted by atomic mass is 9.95. The van der Waals surface area contributed by atoms with Gasteiger partial charge in [-0.3, -0.25) is 4.98 Å².